The lowest BCUT2D eigenvalue weighted by atomic mass is 10.1. The Kier molecular flexibility index (Phi) is 5.83. The third kappa shape index (κ3) is 4.27. The van der Waals surface area contributed by atoms with Gasteiger partial charge in [-0.15, -0.1) is 0 Å². The summed E-state index contributed by atoms with van der Waals surface area (Å²) in [4.78, 5) is 25.8. The number of aromatic nitrogens is 2. The number of para-hydroxylation sites is 1. The Bertz CT molecular complexity index is 1450. The van der Waals surface area contributed by atoms with Gasteiger partial charge in [-0.1, -0.05) is 48.0 Å². The van der Waals surface area contributed by atoms with Crippen LogP contribution in [0.4, 0.5) is 5.69 Å². The van der Waals surface area contributed by atoms with E-state index >= 15 is 0 Å². The second-order valence-corrected chi connectivity index (χ2v) is 7.63. The molecule has 0 aliphatic carbocycles. The molecule has 0 aliphatic heterocycles. The van der Waals surface area contributed by atoms with Gasteiger partial charge >= 0.3 is 0 Å². The van der Waals surface area contributed by atoms with E-state index in [1.165, 1.54) is 10.8 Å². The molecule has 2 heterocycles. The van der Waals surface area contributed by atoms with Crippen molar-refractivity contribution in [3.05, 3.63) is 99.7 Å². The van der Waals surface area contributed by atoms with E-state index in [9.17, 15) is 14.9 Å². The molecule has 1 N–H and O–H groups in total. The Morgan fingerprint density at radius 1 is 1.03 bits per heavy atom. The average Bonchev–Trinajstić information content (AvgIpc) is 3.37. The molecule has 1 amide bonds. The van der Waals surface area contributed by atoms with Crippen LogP contribution in [0.15, 0.2) is 81.5 Å². The van der Waals surface area contributed by atoms with Crippen molar-refractivity contribution < 1.29 is 9.21 Å². The summed E-state index contributed by atoms with van der Waals surface area (Å²) in [6.07, 6.45) is 1.36. The quantitative estimate of drug-likeness (QED) is 0.364. The highest BCUT2D eigenvalue weighted by molar-refractivity contribution is 6.09. The van der Waals surface area contributed by atoms with E-state index in [0.29, 0.717) is 22.9 Å². The van der Waals surface area contributed by atoms with Gasteiger partial charge < -0.3 is 9.73 Å². The zero-order valence-corrected chi connectivity index (χ0v) is 18.5. The number of benzene rings is 2. The Morgan fingerprint density at radius 2 is 1.73 bits per heavy atom. The number of aryl methyl sites for hydroxylation is 1. The molecule has 4 rings (SSSR count). The van der Waals surface area contributed by atoms with Gasteiger partial charge in [-0.2, -0.15) is 5.26 Å². The van der Waals surface area contributed by atoms with Crippen LogP contribution in [0.2, 0.25) is 0 Å². The molecule has 0 atom stereocenters. The highest BCUT2D eigenvalue weighted by Gasteiger charge is 2.20. The van der Waals surface area contributed by atoms with Crippen molar-refractivity contribution >= 4 is 17.7 Å². The van der Waals surface area contributed by atoms with Crippen LogP contribution in [0, 0.1) is 25.2 Å². The first kappa shape index (κ1) is 21.7. The van der Waals surface area contributed by atoms with Crippen molar-refractivity contribution in [2.75, 3.05) is 5.32 Å². The zero-order chi connectivity index (χ0) is 23.5. The van der Waals surface area contributed by atoms with Crippen LogP contribution in [0.5, 0.6) is 0 Å². The summed E-state index contributed by atoms with van der Waals surface area (Å²) in [5.41, 5.74) is 2.83. The van der Waals surface area contributed by atoms with Crippen molar-refractivity contribution in [1.82, 2.24) is 9.36 Å². The number of hydrogen-bond acceptors (Lipinski definition) is 4. The smallest absolute Gasteiger partial charge is 0.295 e. The number of furan rings is 1. The number of hydrogen-bond donors (Lipinski definition) is 1. The lowest BCUT2D eigenvalue weighted by molar-refractivity contribution is -0.112. The molecular weight excluding hydrogens is 416 g/mol. The van der Waals surface area contributed by atoms with Crippen molar-refractivity contribution in [2.45, 2.75) is 13.8 Å². The summed E-state index contributed by atoms with van der Waals surface area (Å²) in [5, 5.41) is 12.2. The number of carbonyl (C=O) groups excluding carboxylic acids is 1. The van der Waals surface area contributed by atoms with Crippen molar-refractivity contribution in [3.8, 4) is 23.1 Å². The first-order chi connectivity index (χ1) is 15.9. The van der Waals surface area contributed by atoms with Crippen LogP contribution in [0.3, 0.4) is 0 Å². The molecule has 0 saturated carbocycles. The molecule has 0 fully saturated rings. The molecule has 0 aliphatic rings. The second-order valence-electron chi connectivity index (χ2n) is 7.63. The van der Waals surface area contributed by atoms with Gasteiger partial charge in [0.15, 0.2) is 0 Å². The van der Waals surface area contributed by atoms with E-state index in [4.69, 9.17) is 4.42 Å². The predicted molar refractivity (Wildman–Crippen MR) is 127 cm³/mol. The molecule has 33 heavy (non-hydrogen) atoms. The molecule has 2 aromatic heterocycles. The molecule has 7 nitrogen and oxygen atoms in total. The lowest BCUT2D eigenvalue weighted by Crippen LogP contribution is -2.23. The van der Waals surface area contributed by atoms with E-state index in [1.807, 2.05) is 55.5 Å². The number of nitrogens with one attached hydrogen (secondary N) is 1. The average molecular weight is 438 g/mol. The normalized spacial score (nSPS) is 11.3. The number of amides is 1. The predicted octanol–water partition coefficient (Wildman–Crippen LogP) is 4.60. The van der Waals surface area contributed by atoms with Crippen LogP contribution < -0.4 is 10.9 Å². The van der Waals surface area contributed by atoms with Crippen LogP contribution in [0.25, 0.3) is 23.1 Å². The molecule has 0 unspecified atom stereocenters. The van der Waals surface area contributed by atoms with E-state index in [-0.39, 0.29) is 16.8 Å². The maximum atomic E-state index is 13.0. The van der Waals surface area contributed by atoms with Gasteiger partial charge in [0.2, 0.25) is 0 Å². The fourth-order valence-corrected chi connectivity index (χ4v) is 3.49. The molecule has 0 bridgehead atoms. The Hall–Kier alpha value is -4.57. The SMILES string of the molecule is Cc1ccc(-c2ccc(C=C(C#N)C(=O)Nc3c(C)n(C)n(-c4ccccc4)c3=O)o2)cc1. The van der Waals surface area contributed by atoms with Crippen LogP contribution >= 0.6 is 0 Å². The van der Waals surface area contributed by atoms with E-state index in [0.717, 1.165) is 11.1 Å². The third-order valence-corrected chi connectivity index (χ3v) is 5.41. The van der Waals surface area contributed by atoms with Crippen LogP contribution in [-0.2, 0) is 11.8 Å². The first-order valence-corrected chi connectivity index (χ1v) is 10.3. The Balaban J connectivity index is 1.61. The van der Waals surface area contributed by atoms with Crippen molar-refractivity contribution in [3.63, 3.8) is 0 Å². The highest BCUT2D eigenvalue weighted by Crippen LogP contribution is 2.24. The van der Waals surface area contributed by atoms with E-state index in [1.54, 1.807) is 42.9 Å². The minimum atomic E-state index is -0.684. The second kappa shape index (κ2) is 8.89. The van der Waals surface area contributed by atoms with Gasteiger partial charge in [-0.3, -0.25) is 14.3 Å². The van der Waals surface area contributed by atoms with Gasteiger partial charge in [0, 0.05) is 18.7 Å². The molecular formula is C26H22N4O3. The molecule has 0 saturated heterocycles. The highest BCUT2D eigenvalue weighted by atomic mass is 16.3. The minimum Gasteiger partial charge on any atom is -0.457 e. The van der Waals surface area contributed by atoms with Gasteiger partial charge in [0.1, 0.15) is 28.9 Å². The van der Waals surface area contributed by atoms with Crippen molar-refractivity contribution in [2.24, 2.45) is 7.05 Å². The Labute approximate surface area is 190 Å². The fourth-order valence-electron chi connectivity index (χ4n) is 3.49. The number of rotatable bonds is 5. The number of anilines is 1. The standard InChI is InChI=1S/C26H22N4O3/c1-17-9-11-19(12-10-17)23-14-13-22(33-23)15-20(16-27)25(31)28-24-18(2)29(3)30(26(24)32)21-7-5-4-6-8-21/h4-15H,1-3H3,(H,28,31). The first-order valence-electron chi connectivity index (χ1n) is 10.3. The summed E-state index contributed by atoms with van der Waals surface area (Å²) >= 11 is 0. The summed E-state index contributed by atoms with van der Waals surface area (Å²) in [6.45, 7) is 3.73. The van der Waals surface area contributed by atoms with E-state index in [2.05, 4.69) is 5.32 Å². The largest absolute Gasteiger partial charge is 0.457 e. The molecule has 0 radical (unpaired) electrons. The lowest BCUT2D eigenvalue weighted by Gasteiger charge is -2.07. The number of nitrogens with zero attached hydrogens (tertiary/aromatic N) is 3. The molecule has 4 aromatic rings. The number of carbonyl (C=O) groups is 1. The minimum absolute atomic E-state index is 0.118. The maximum Gasteiger partial charge on any atom is 0.295 e. The molecule has 0 spiro atoms. The summed E-state index contributed by atoms with van der Waals surface area (Å²) in [5.74, 6) is 0.309. The van der Waals surface area contributed by atoms with Gasteiger partial charge in [-0.05, 0) is 38.1 Å². The Morgan fingerprint density at radius 3 is 2.39 bits per heavy atom. The fraction of sp³-hybridized carbons (Fsp3) is 0.115. The van der Waals surface area contributed by atoms with Gasteiger partial charge in [0.25, 0.3) is 11.5 Å². The summed E-state index contributed by atoms with van der Waals surface area (Å²) < 4.78 is 8.91. The molecule has 164 valence electrons. The van der Waals surface area contributed by atoms with Crippen LogP contribution in [-0.4, -0.2) is 15.3 Å². The third-order valence-electron chi connectivity index (χ3n) is 5.41. The van der Waals surface area contributed by atoms with Gasteiger partial charge in [0.05, 0.1) is 11.4 Å². The topological polar surface area (TPSA) is 93.0 Å². The zero-order valence-electron chi connectivity index (χ0n) is 18.5. The van der Waals surface area contributed by atoms with E-state index < -0.39 is 5.91 Å². The summed E-state index contributed by atoms with van der Waals surface area (Å²) in [7, 11) is 1.73. The van der Waals surface area contributed by atoms with Gasteiger partial charge in [-0.25, -0.2) is 4.68 Å². The van der Waals surface area contributed by atoms with Crippen LogP contribution in [0.1, 0.15) is 17.0 Å². The monoisotopic (exact) mass is 438 g/mol. The number of nitriles is 1. The maximum absolute atomic E-state index is 13.0. The molecule has 7 heteroatoms. The summed E-state index contributed by atoms with van der Waals surface area (Å²) in [6, 6.07) is 22.3. The molecule has 2 aromatic carbocycles. The van der Waals surface area contributed by atoms with Crippen molar-refractivity contribution in [1.29, 1.82) is 5.26 Å².